The van der Waals surface area contributed by atoms with E-state index in [-0.39, 0.29) is 17.7 Å². The highest BCUT2D eigenvalue weighted by atomic mass is 32.8. The van der Waals surface area contributed by atoms with Gasteiger partial charge in [0.05, 0.1) is 16.7 Å². The van der Waals surface area contributed by atoms with Crippen LogP contribution in [0.2, 0.25) is 0 Å². The molecule has 1 aliphatic rings. The van der Waals surface area contributed by atoms with Gasteiger partial charge in [-0.2, -0.15) is 0 Å². The summed E-state index contributed by atoms with van der Waals surface area (Å²) in [5, 5.41) is 11.3. The zero-order chi connectivity index (χ0) is 27.8. The summed E-state index contributed by atoms with van der Waals surface area (Å²) in [6.07, 6.45) is -5.13. The third kappa shape index (κ3) is 7.15. The predicted octanol–water partition coefficient (Wildman–Crippen LogP) is 3.48. The molecular weight excluding hydrogens is 540 g/mol. The third-order valence-corrected chi connectivity index (χ3v) is 8.80. The molecule has 8 nitrogen and oxygen atoms in total. The Kier molecular flexibility index (Phi) is 9.94. The zero-order valence-electron chi connectivity index (χ0n) is 21.1. The number of esters is 3. The van der Waals surface area contributed by atoms with Gasteiger partial charge in [-0.3, -0.25) is 0 Å². The van der Waals surface area contributed by atoms with Crippen LogP contribution in [0.5, 0.6) is 0 Å². The van der Waals surface area contributed by atoms with Gasteiger partial charge in [0.2, 0.25) is 0 Å². The molecule has 1 heterocycles. The maximum atomic E-state index is 13.0. The second-order valence-electron chi connectivity index (χ2n) is 8.64. The predicted molar refractivity (Wildman–Crippen MR) is 148 cm³/mol. The molecule has 0 amide bonds. The molecule has 1 fully saturated rings. The van der Waals surface area contributed by atoms with Gasteiger partial charge in [-0.25, -0.2) is 14.4 Å². The Morgan fingerprint density at radius 1 is 0.769 bits per heavy atom. The van der Waals surface area contributed by atoms with Crippen LogP contribution in [0.15, 0.2) is 91.0 Å². The molecule has 0 bridgehead atoms. The SMILES string of the molecule is CCS(=S)[C@H]1OC(COC(=O)c2ccccc2)[C@H](O)C(OC(=O)c2ccccc2)C1OC(=O)c1ccccc1. The van der Waals surface area contributed by atoms with Gasteiger partial charge in [0.15, 0.2) is 12.2 Å². The zero-order valence-corrected chi connectivity index (χ0v) is 22.7. The van der Waals surface area contributed by atoms with E-state index in [0.29, 0.717) is 11.3 Å². The molecule has 0 aliphatic carbocycles. The summed E-state index contributed by atoms with van der Waals surface area (Å²) < 4.78 is 23.1. The molecule has 0 aromatic heterocycles. The van der Waals surface area contributed by atoms with E-state index in [9.17, 15) is 19.5 Å². The van der Waals surface area contributed by atoms with Crippen LogP contribution in [-0.4, -0.2) is 65.2 Å². The maximum absolute atomic E-state index is 13.0. The Morgan fingerprint density at radius 3 is 1.67 bits per heavy atom. The summed E-state index contributed by atoms with van der Waals surface area (Å²) in [6, 6.07) is 24.9. The van der Waals surface area contributed by atoms with E-state index in [0.717, 1.165) is 0 Å². The molecule has 39 heavy (non-hydrogen) atoms. The van der Waals surface area contributed by atoms with Gasteiger partial charge in [-0.15, -0.1) is 0 Å². The molecule has 1 saturated heterocycles. The molecule has 0 saturated carbocycles. The Balaban J connectivity index is 1.61. The van der Waals surface area contributed by atoms with Crippen molar-refractivity contribution in [2.24, 2.45) is 0 Å². The largest absolute Gasteiger partial charge is 0.459 e. The molecule has 3 aromatic rings. The van der Waals surface area contributed by atoms with Crippen molar-refractivity contribution >= 4 is 38.6 Å². The van der Waals surface area contributed by atoms with Gasteiger partial charge in [0.25, 0.3) is 0 Å². The summed E-state index contributed by atoms with van der Waals surface area (Å²) in [7, 11) is -0.891. The van der Waals surface area contributed by atoms with Gasteiger partial charge < -0.3 is 24.1 Å². The lowest BCUT2D eigenvalue weighted by atomic mass is 9.99. The fourth-order valence-corrected chi connectivity index (χ4v) is 5.58. The Bertz CT molecular complexity index is 1290. The average molecular weight is 569 g/mol. The van der Waals surface area contributed by atoms with Crippen molar-refractivity contribution < 1.29 is 38.4 Å². The van der Waals surface area contributed by atoms with Crippen LogP contribution < -0.4 is 0 Å². The van der Waals surface area contributed by atoms with E-state index in [2.05, 4.69) is 0 Å². The van der Waals surface area contributed by atoms with Crippen LogP contribution in [0.25, 0.3) is 0 Å². The summed E-state index contributed by atoms with van der Waals surface area (Å²) in [4.78, 5) is 38.6. The molecule has 4 unspecified atom stereocenters. The summed E-state index contributed by atoms with van der Waals surface area (Å²) in [5.74, 6) is -1.52. The molecular formula is C29H28O8S2. The first kappa shape index (κ1) is 28.6. The van der Waals surface area contributed by atoms with E-state index in [4.69, 9.17) is 30.1 Å². The van der Waals surface area contributed by atoms with Gasteiger partial charge in [-0.1, -0.05) is 71.0 Å². The minimum Gasteiger partial charge on any atom is -0.459 e. The Hall–Kier alpha value is -3.44. The lowest BCUT2D eigenvalue weighted by Crippen LogP contribution is -2.62. The number of carbonyl (C=O) groups excluding carboxylic acids is 3. The molecule has 0 radical (unpaired) electrons. The quantitative estimate of drug-likeness (QED) is 0.307. The normalized spacial score (nSPS) is 23.3. The Labute approximate surface area is 233 Å². The van der Waals surface area contributed by atoms with Crippen molar-refractivity contribution in [1.29, 1.82) is 0 Å². The van der Waals surface area contributed by atoms with Gasteiger partial charge in [0.1, 0.15) is 24.3 Å². The number of ether oxygens (including phenoxy) is 4. The molecule has 4 rings (SSSR count). The van der Waals surface area contributed by atoms with Crippen molar-refractivity contribution in [2.75, 3.05) is 12.4 Å². The summed E-state index contributed by atoms with van der Waals surface area (Å²) in [6.45, 7) is 1.52. The van der Waals surface area contributed by atoms with Crippen LogP contribution in [0.3, 0.4) is 0 Å². The molecule has 204 valence electrons. The third-order valence-electron chi connectivity index (χ3n) is 6.06. The van der Waals surface area contributed by atoms with Gasteiger partial charge in [0, 0.05) is 0 Å². The molecule has 6 atom stereocenters. The van der Waals surface area contributed by atoms with E-state index < -0.39 is 57.2 Å². The summed E-state index contributed by atoms with van der Waals surface area (Å²) >= 11 is 5.65. The average Bonchev–Trinajstić information content (AvgIpc) is 2.99. The van der Waals surface area contributed by atoms with Crippen LogP contribution in [-0.2, 0) is 39.6 Å². The van der Waals surface area contributed by atoms with Crippen LogP contribution in [0.4, 0.5) is 0 Å². The number of hydrogen-bond acceptors (Lipinski definition) is 9. The van der Waals surface area contributed by atoms with E-state index >= 15 is 0 Å². The van der Waals surface area contributed by atoms with Crippen molar-refractivity contribution in [3.63, 3.8) is 0 Å². The van der Waals surface area contributed by atoms with Gasteiger partial charge >= 0.3 is 17.9 Å². The number of aliphatic hydroxyl groups is 1. The smallest absolute Gasteiger partial charge is 0.338 e. The first-order valence-electron chi connectivity index (χ1n) is 12.3. The van der Waals surface area contributed by atoms with Crippen LogP contribution >= 0.6 is 0 Å². The van der Waals surface area contributed by atoms with Crippen LogP contribution in [0.1, 0.15) is 38.0 Å². The first-order valence-corrected chi connectivity index (χ1v) is 14.7. The second kappa shape index (κ2) is 13.6. The number of carbonyl (C=O) groups is 3. The number of aliphatic hydroxyl groups excluding tert-OH is 1. The van der Waals surface area contributed by atoms with E-state index in [1.807, 2.05) is 6.92 Å². The monoisotopic (exact) mass is 568 g/mol. The number of rotatable bonds is 9. The fraction of sp³-hybridized carbons (Fsp3) is 0.276. The lowest BCUT2D eigenvalue weighted by molar-refractivity contribution is -0.207. The van der Waals surface area contributed by atoms with Crippen molar-refractivity contribution in [1.82, 2.24) is 0 Å². The van der Waals surface area contributed by atoms with Crippen LogP contribution in [0, 0.1) is 0 Å². The van der Waals surface area contributed by atoms with Crippen molar-refractivity contribution in [3.05, 3.63) is 108 Å². The molecule has 10 heteroatoms. The second-order valence-corrected chi connectivity index (χ2v) is 11.7. The molecule has 1 aliphatic heterocycles. The molecule has 1 N–H and O–H groups in total. The number of benzene rings is 3. The maximum Gasteiger partial charge on any atom is 0.338 e. The van der Waals surface area contributed by atoms with E-state index in [1.165, 1.54) is 0 Å². The minimum atomic E-state index is -1.49. The highest BCUT2D eigenvalue weighted by Gasteiger charge is 2.51. The van der Waals surface area contributed by atoms with Crippen molar-refractivity contribution in [3.8, 4) is 0 Å². The first-order chi connectivity index (χ1) is 18.9. The highest BCUT2D eigenvalue weighted by Crippen LogP contribution is 2.30. The standard InChI is InChI=1S/C29H28O8S2/c1-2-39(38)29-25(37-28(33)21-16-10-5-11-17-21)24(36-27(32)20-14-8-4-9-15-20)23(30)22(35-29)18-34-26(31)19-12-6-3-7-13-19/h3-17,22-25,29-30H,2,18H2,1H3/t22?,23-,24?,25?,29+,39?/m0/s1. The minimum absolute atomic E-state index is 0.251. The fourth-order valence-electron chi connectivity index (χ4n) is 4.01. The number of hydrogen-bond donors (Lipinski definition) is 1. The summed E-state index contributed by atoms with van der Waals surface area (Å²) in [5.41, 5.74) is -0.0490. The molecule has 3 aromatic carbocycles. The lowest BCUT2D eigenvalue weighted by Gasteiger charge is -2.43. The molecule has 0 spiro atoms. The van der Waals surface area contributed by atoms with Gasteiger partial charge in [-0.05, 0) is 53.3 Å². The highest BCUT2D eigenvalue weighted by molar-refractivity contribution is 8.29. The van der Waals surface area contributed by atoms with Crippen molar-refractivity contribution in [2.45, 2.75) is 36.8 Å². The Morgan fingerprint density at radius 2 is 1.21 bits per heavy atom. The van der Waals surface area contributed by atoms with E-state index in [1.54, 1.807) is 91.0 Å². The topological polar surface area (TPSA) is 108 Å².